The van der Waals surface area contributed by atoms with Crippen LogP contribution in [0.25, 0.3) is 11.3 Å². The zero-order valence-electron chi connectivity index (χ0n) is 9.20. The Labute approximate surface area is 99.0 Å². The van der Waals surface area contributed by atoms with Gasteiger partial charge in [0.05, 0.1) is 6.07 Å². The van der Waals surface area contributed by atoms with Gasteiger partial charge < -0.3 is 0 Å². The van der Waals surface area contributed by atoms with E-state index in [9.17, 15) is 8.42 Å². The molecule has 17 heavy (non-hydrogen) atoms. The molecule has 0 fully saturated rings. The topological polar surface area (TPSA) is 71.4 Å². The van der Waals surface area contributed by atoms with E-state index in [1.165, 1.54) is 6.07 Å². The van der Waals surface area contributed by atoms with Crippen LogP contribution in [0.4, 0.5) is 0 Å². The Morgan fingerprint density at radius 1 is 1.29 bits per heavy atom. The van der Waals surface area contributed by atoms with Crippen molar-refractivity contribution in [3.63, 3.8) is 0 Å². The van der Waals surface area contributed by atoms with E-state index in [0.29, 0.717) is 12.3 Å². The maximum absolute atomic E-state index is 11.1. The molecule has 0 spiro atoms. The molecule has 0 saturated heterocycles. The molecule has 0 aliphatic rings. The van der Waals surface area contributed by atoms with Gasteiger partial charge in [0.2, 0.25) is 5.76 Å². The van der Waals surface area contributed by atoms with E-state index in [1.54, 1.807) is 19.1 Å². The van der Waals surface area contributed by atoms with Crippen molar-refractivity contribution in [1.29, 1.82) is 0 Å². The number of aryl methyl sites for hydroxylation is 1. The minimum atomic E-state index is -4.26. The summed E-state index contributed by atoms with van der Waals surface area (Å²) in [6, 6.07) is 10.4. The molecule has 0 saturated carbocycles. The second kappa shape index (κ2) is 4.31. The number of rotatable bonds is 3. The van der Waals surface area contributed by atoms with Crippen LogP contribution in [0.15, 0.2) is 45.9 Å². The van der Waals surface area contributed by atoms with Gasteiger partial charge in [-0.1, -0.05) is 30.3 Å². The summed E-state index contributed by atoms with van der Waals surface area (Å²) >= 11 is 0. The average Bonchev–Trinajstić information content (AvgIpc) is 2.74. The predicted molar refractivity (Wildman–Crippen MR) is 59.8 cm³/mol. The fraction of sp³-hybridized carbons (Fsp3) is 0.182. The number of aromatic nitrogens is 1. The fourth-order valence-electron chi connectivity index (χ4n) is 1.54. The Kier molecular flexibility index (Phi) is 2.99. The van der Waals surface area contributed by atoms with Gasteiger partial charge in [-0.05, 0) is 6.92 Å². The largest absolute Gasteiger partial charge is 0.371 e. The van der Waals surface area contributed by atoms with E-state index in [4.69, 9.17) is 9.08 Å². The molecule has 1 heterocycles. The molecule has 5 nitrogen and oxygen atoms in total. The zero-order valence-corrected chi connectivity index (χ0v) is 10.0. The number of benzene rings is 1. The molecule has 2 aromatic rings. The van der Waals surface area contributed by atoms with Crippen LogP contribution in [0.2, 0.25) is 0 Å². The van der Waals surface area contributed by atoms with E-state index in [-0.39, 0.29) is 5.03 Å². The average molecular weight is 254 g/mol. The lowest BCUT2D eigenvalue weighted by atomic mass is 10.2. The van der Waals surface area contributed by atoms with Gasteiger partial charge in [-0.3, -0.25) is 4.55 Å². The molecule has 90 valence electrons. The molecule has 0 aliphatic heterocycles. The van der Waals surface area contributed by atoms with Crippen molar-refractivity contribution in [2.24, 2.45) is 0 Å². The molecule has 0 amide bonds. The van der Waals surface area contributed by atoms with Gasteiger partial charge in [0.1, 0.15) is 0 Å². The molecule has 1 N–H and O–H groups in total. The predicted octanol–water partition coefficient (Wildman–Crippen LogP) is 1.50. The molecule has 0 bridgehead atoms. The van der Waals surface area contributed by atoms with Crippen LogP contribution < -0.4 is 4.74 Å². The summed E-state index contributed by atoms with van der Waals surface area (Å²) in [5, 5.41) is -0.237. The first kappa shape index (κ1) is 11.8. The molecule has 1 aromatic heterocycles. The van der Waals surface area contributed by atoms with Crippen LogP contribution in [-0.2, 0) is 16.7 Å². The van der Waals surface area contributed by atoms with Crippen molar-refractivity contribution in [2.45, 2.75) is 18.5 Å². The lowest BCUT2D eigenvalue weighted by molar-refractivity contribution is -0.889. The first-order valence-corrected chi connectivity index (χ1v) is 6.53. The minimum absolute atomic E-state index is 0.237. The van der Waals surface area contributed by atoms with Gasteiger partial charge in [-0.15, -0.1) is 0 Å². The Bertz CT molecular complexity index is 616. The van der Waals surface area contributed by atoms with E-state index in [2.05, 4.69) is 0 Å². The summed E-state index contributed by atoms with van der Waals surface area (Å²) in [6.07, 6.45) is 0. The van der Waals surface area contributed by atoms with E-state index < -0.39 is 10.1 Å². The third-order valence-electron chi connectivity index (χ3n) is 2.32. The van der Waals surface area contributed by atoms with Crippen LogP contribution in [0.1, 0.15) is 6.92 Å². The SMILES string of the molecule is CC[n+]1oc(-c2ccccc2)cc1S(=O)(=O)O. The molecular weight excluding hydrogens is 242 g/mol. The monoisotopic (exact) mass is 254 g/mol. The molecule has 1 aromatic carbocycles. The van der Waals surface area contributed by atoms with Crippen molar-refractivity contribution in [3.8, 4) is 11.3 Å². The second-order valence-corrected chi connectivity index (χ2v) is 4.84. The lowest BCUT2D eigenvalue weighted by Crippen LogP contribution is -2.35. The first-order valence-electron chi connectivity index (χ1n) is 5.09. The molecule has 6 heteroatoms. The number of hydrogen-bond donors (Lipinski definition) is 1. The Morgan fingerprint density at radius 3 is 2.41 bits per heavy atom. The van der Waals surface area contributed by atoms with Gasteiger partial charge in [-0.25, -0.2) is 4.52 Å². The van der Waals surface area contributed by atoms with Crippen molar-refractivity contribution >= 4 is 10.1 Å². The Morgan fingerprint density at radius 2 is 1.94 bits per heavy atom. The highest BCUT2D eigenvalue weighted by atomic mass is 32.2. The smallest absolute Gasteiger partial charge is 0.277 e. The van der Waals surface area contributed by atoms with E-state index in [1.807, 2.05) is 18.2 Å². The third-order valence-corrected chi connectivity index (χ3v) is 3.17. The Balaban J connectivity index is 2.57. The van der Waals surface area contributed by atoms with Crippen LogP contribution in [0.5, 0.6) is 0 Å². The summed E-state index contributed by atoms with van der Waals surface area (Å²) in [4.78, 5) is 0. The maximum Gasteiger partial charge on any atom is 0.371 e. The second-order valence-electron chi connectivity index (χ2n) is 3.47. The van der Waals surface area contributed by atoms with Crippen molar-refractivity contribution in [3.05, 3.63) is 36.4 Å². The van der Waals surface area contributed by atoms with Crippen molar-refractivity contribution < 1.29 is 22.2 Å². The standard InChI is InChI=1S/C11H11NO4S/c1-2-12-11(17(13,14)15)8-10(16-12)9-6-4-3-5-7-9/h3-8H,2H2,1H3/p+1. The van der Waals surface area contributed by atoms with Crippen LogP contribution >= 0.6 is 0 Å². The maximum atomic E-state index is 11.1. The molecule has 0 radical (unpaired) electrons. The highest BCUT2D eigenvalue weighted by Gasteiger charge is 2.29. The highest BCUT2D eigenvalue weighted by molar-refractivity contribution is 7.85. The molecule has 2 rings (SSSR count). The zero-order chi connectivity index (χ0) is 12.5. The quantitative estimate of drug-likeness (QED) is 0.665. The van der Waals surface area contributed by atoms with Crippen molar-refractivity contribution in [1.82, 2.24) is 0 Å². The van der Waals surface area contributed by atoms with Gasteiger partial charge in [-0.2, -0.15) is 8.42 Å². The molecule has 0 atom stereocenters. The van der Waals surface area contributed by atoms with Gasteiger partial charge in [0.25, 0.3) is 0 Å². The minimum Gasteiger partial charge on any atom is -0.277 e. The van der Waals surface area contributed by atoms with Crippen LogP contribution in [-0.4, -0.2) is 13.0 Å². The van der Waals surface area contributed by atoms with Crippen molar-refractivity contribution in [2.75, 3.05) is 0 Å². The summed E-state index contributed by atoms with van der Waals surface area (Å²) in [5.74, 6) is 0.403. The van der Waals surface area contributed by atoms with Gasteiger partial charge >= 0.3 is 15.1 Å². The van der Waals surface area contributed by atoms with Gasteiger partial charge in [0.15, 0.2) is 6.54 Å². The summed E-state index contributed by atoms with van der Waals surface area (Å²) in [6.45, 7) is 2.05. The molecular formula is C11H12NO4S+. The number of nitrogens with zero attached hydrogens (tertiary/aromatic N) is 1. The summed E-state index contributed by atoms with van der Waals surface area (Å²) < 4.78 is 37.8. The fourth-order valence-corrected chi connectivity index (χ4v) is 2.22. The highest BCUT2D eigenvalue weighted by Crippen LogP contribution is 2.20. The van der Waals surface area contributed by atoms with E-state index in [0.717, 1.165) is 10.3 Å². The molecule has 0 unspecified atom stereocenters. The lowest BCUT2D eigenvalue weighted by Gasteiger charge is -1.90. The first-order chi connectivity index (χ1) is 8.02. The van der Waals surface area contributed by atoms with Crippen LogP contribution in [0.3, 0.4) is 0 Å². The molecule has 0 aliphatic carbocycles. The summed E-state index contributed by atoms with van der Waals surface area (Å²) in [7, 11) is -4.26. The third kappa shape index (κ3) is 2.37. The normalized spacial score (nSPS) is 11.6. The Hall–Kier alpha value is -1.66. The van der Waals surface area contributed by atoms with Crippen LogP contribution in [0, 0.1) is 0 Å². The summed E-state index contributed by atoms with van der Waals surface area (Å²) in [5.41, 5.74) is 0.754. The number of hydrogen-bond acceptors (Lipinski definition) is 3. The van der Waals surface area contributed by atoms with Gasteiger partial charge in [0, 0.05) is 10.3 Å². The van der Waals surface area contributed by atoms with E-state index >= 15 is 0 Å².